The summed E-state index contributed by atoms with van der Waals surface area (Å²) in [7, 11) is 0. The highest BCUT2D eigenvalue weighted by atomic mass is 32.1. The van der Waals surface area contributed by atoms with Gasteiger partial charge in [0.2, 0.25) is 0 Å². The van der Waals surface area contributed by atoms with Gasteiger partial charge in [0.15, 0.2) is 0 Å². The van der Waals surface area contributed by atoms with Gasteiger partial charge in [0.25, 0.3) is 0 Å². The number of benzene rings is 1. The second-order valence-corrected chi connectivity index (χ2v) is 7.83. The van der Waals surface area contributed by atoms with Gasteiger partial charge in [-0.25, -0.2) is 0 Å². The lowest BCUT2D eigenvalue weighted by molar-refractivity contribution is -0.139. The van der Waals surface area contributed by atoms with Crippen LogP contribution in [0.25, 0.3) is 0 Å². The number of aromatic nitrogens is 1. The van der Waals surface area contributed by atoms with Gasteiger partial charge < -0.3 is 15.5 Å². The maximum absolute atomic E-state index is 12.3. The summed E-state index contributed by atoms with van der Waals surface area (Å²) in [6, 6.07) is 16.0. The van der Waals surface area contributed by atoms with E-state index in [0.29, 0.717) is 13.1 Å². The molecule has 4 rings (SSSR count). The molecule has 29 heavy (non-hydrogen) atoms. The summed E-state index contributed by atoms with van der Waals surface area (Å²) in [5.41, 5.74) is 3.41. The normalized spacial score (nSPS) is 13.6. The number of hydrogen-bond donors (Lipinski definition) is 2. The second-order valence-electron chi connectivity index (χ2n) is 6.85. The van der Waals surface area contributed by atoms with E-state index in [-0.39, 0.29) is 6.04 Å². The zero-order valence-electron chi connectivity index (χ0n) is 15.9. The van der Waals surface area contributed by atoms with Gasteiger partial charge in [-0.3, -0.25) is 14.6 Å². The summed E-state index contributed by atoms with van der Waals surface area (Å²) in [4.78, 5) is 32.0. The Kier molecular flexibility index (Phi) is 5.86. The molecule has 0 aliphatic carbocycles. The minimum atomic E-state index is -0.631. The Morgan fingerprint density at radius 2 is 1.83 bits per heavy atom. The lowest BCUT2D eigenvalue weighted by Gasteiger charge is -2.30. The number of hydrogen-bond acceptors (Lipinski definition) is 5. The van der Waals surface area contributed by atoms with E-state index in [1.807, 2.05) is 17.5 Å². The molecular weight excluding hydrogens is 384 g/mol. The molecular formula is C22H22N4O2S. The molecule has 148 valence electrons. The number of amides is 2. The van der Waals surface area contributed by atoms with Crippen LogP contribution in [0.5, 0.6) is 0 Å². The molecule has 1 aliphatic heterocycles. The number of nitrogens with one attached hydrogen (secondary N) is 2. The maximum Gasteiger partial charge on any atom is 0.309 e. The highest BCUT2D eigenvalue weighted by Crippen LogP contribution is 2.36. The van der Waals surface area contributed by atoms with Gasteiger partial charge in [-0.05, 0) is 47.2 Å². The first-order valence-electron chi connectivity index (χ1n) is 9.55. The number of pyridine rings is 1. The first kappa shape index (κ1) is 19.1. The molecule has 0 fully saturated rings. The Balaban J connectivity index is 1.40. The van der Waals surface area contributed by atoms with Crippen molar-refractivity contribution >= 4 is 28.8 Å². The van der Waals surface area contributed by atoms with Crippen LogP contribution < -0.4 is 15.5 Å². The minimum Gasteiger partial charge on any atom is -0.361 e. The maximum atomic E-state index is 12.3. The monoisotopic (exact) mass is 406 g/mol. The third-order valence-corrected chi connectivity index (χ3v) is 6.01. The molecule has 3 aromatic rings. The van der Waals surface area contributed by atoms with Gasteiger partial charge in [-0.15, -0.1) is 11.3 Å². The first-order chi connectivity index (χ1) is 14.2. The van der Waals surface area contributed by atoms with Gasteiger partial charge >= 0.3 is 11.8 Å². The third kappa shape index (κ3) is 4.46. The summed E-state index contributed by atoms with van der Waals surface area (Å²) < 4.78 is 0. The standard InChI is InChI=1S/C22H22N4O2S/c27-21(24-14-16-7-10-23-11-8-16)22(28)25-15-19(20-6-3-13-29-20)26-12-9-17-4-1-2-5-18(17)26/h1-8,10-11,13,19H,9,12,14-15H2,(H,24,27)(H,25,28)/t19-/m0/s1. The molecule has 0 spiro atoms. The molecule has 6 nitrogen and oxygen atoms in total. The van der Waals surface area contributed by atoms with E-state index in [1.165, 1.54) is 16.1 Å². The molecule has 1 aromatic carbocycles. The summed E-state index contributed by atoms with van der Waals surface area (Å²) in [6.07, 6.45) is 4.29. The molecule has 0 bridgehead atoms. The molecule has 1 atom stereocenters. The minimum absolute atomic E-state index is 0.00408. The molecule has 0 saturated heterocycles. The average molecular weight is 407 g/mol. The Labute approximate surface area is 173 Å². The average Bonchev–Trinajstić information content (AvgIpc) is 3.44. The third-order valence-electron chi connectivity index (χ3n) is 5.04. The number of carbonyl (C=O) groups is 2. The van der Waals surface area contributed by atoms with Crippen molar-refractivity contribution in [2.45, 2.75) is 19.0 Å². The van der Waals surface area contributed by atoms with E-state index in [9.17, 15) is 9.59 Å². The highest BCUT2D eigenvalue weighted by molar-refractivity contribution is 7.10. The fourth-order valence-electron chi connectivity index (χ4n) is 3.57. The van der Waals surface area contributed by atoms with Crippen molar-refractivity contribution in [2.24, 2.45) is 0 Å². The van der Waals surface area contributed by atoms with Crippen LogP contribution in [0.15, 0.2) is 66.3 Å². The van der Waals surface area contributed by atoms with E-state index < -0.39 is 11.8 Å². The number of fused-ring (bicyclic) bond motifs is 1. The van der Waals surface area contributed by atoms with Crippen LogP contribution in [-0.2, 0) is 22.6 Å². The van der Waals surface area contributed by atoms with Crippen molar-refractivity contribution in [2.75, 3.05) is 18.0 Å². The van der Waals surface area contributed by atoms with Crippen molar-refractivity contribution in [3.63, 3.8) is 0 Å². The number of anilines is 1. The van der Waals surface area contributed by atoms with E-state index >= 15 is 0 Å². The zero-order chi connectivity index (χ0) is 20.1. The van der Waals surface area contributed by atoms with Gasteiger partial charge in [0, 0.05) is 42.6 Å². The first-order valence-corrected chi connectivity index (χ1v) is 10.4. The van der Waals surface area contributed by atoms with Gasteiger partial charge in [-0.1, -0.05) is 24.3 Å². The fourth-order valence-corrected chi connectivity index (χ4v) is 4.40. The SMILES string of the molecule is O=C(NCc1ccncc1)C(=O)NC[C@@H](c1cccs1)N1CCc2ccccc21. The molecule has 3 heterocycles. The summed E-state index contributed by atoms with van der Waals surface area (Å²) in [5.74, 6) is -1.25. The van der Waals surface area contributed by atoms with Crippen LogP contribution >= 0.6 is 11.3 Å². The summed E-state index contributed by atoms with van der Waals surface area (Å²) >= 11 is 1.66. The topological polar surface area (TPSA) is 74.3 Å². The summed E-state index contributed by atoms with van der Waals surface area (Å²) in [5, 5.41) is 7.50. The van der Waals surface area contributed by atoms with E-state index in [4.69, 9.17) is 0 Å². The van der Waals surface area contributed by atoms with Gasteiger partial charge in [0.1, 0.15) is 0 Å². The van der Waals surface area contributed by atoms with E-state index in [2.05, 4.69) is 44.8 Å². The Morgan fingerprint density at radius 3 is 2.62 bits per heavy atom. The van der Waals surface area contributed by atoms with Crippen LogP contribution in [0, 0.1) is 0 Å². The number of nitrogens with zero attached hydrogens (tertiary/aromatic N) is 2. The number of para-hydroxylation sites is 1. The quantitative estimate of drug-likeness (QED) is 0.618. The zero-order valence-corrected chi connectivity index (χ0v) is 16.7. The lowest BCUT2D eigenvalue weighted by atomic mass is 10.1. The molecule has 0 unspecified atom stereocenters. The number of carbonyl (C=O) groups excluding carboxylic acids is 2. The predicted octanol–water partition coefficient (Wildman–Crippen LogP) is 2.68. The summed E-state index contributed by atoms with van der Waals surface area (Å²) in [6.45, 7) is 1.56. The van der Waals surface area contributed by atoms with Crippen LogP contribution in [0.3, 0.4) is 0 Å². The van der Waals surface area contributed by atoms with Crippen molar-refractivity contribution in [1.82, 2.24) is 15.6 Å². The van der Waals surface area contributed by atoms with E-state index in [1.54, 1.807) is 35.9 Å². The molecule has 0 saturated carbocycles. The Bertz CT molecular complexity index is 975. The highest BCUT2D eigenvalue weighted by Gasteiger charge is 2.28. The molecule has 2 N–H and O–H groups in total. The Morgan fingerprint density at radius 1 is 1.03 bits per heavy atom. The molecule has 2 amide bonds. The number of rotatable bonds is 6. The van der Waals surface area contributed by atoms with Gasteiger partial charge in [-0.2, -0.15) is 0 Å². The van der Waals surface area contributed by atoms with Crippen LogP contribution in [0.2, 0.25) is 0 Å². The second kappa shape index (κ2) is 8.87. The Hall–Kier alpha value is -3.19. The van der Waals surface area contributed by atoms with Crippen molar-refractivity contribution in [3.8, 4) is 0 Å². The van der Waals surface area contributed by atoms with Gasteiger partial charge in [0.05, 0.1) is 6.04 Å². The van der Waals surface area contributed by atoms with E-state index in [0.717, 1.165) is 18.5 Å². The van der Waals surface area contributed by atoms with Crippen LogP contribution in [-0.4, -0.2) is 29.9 Å². The number of thiophene rings is 1. The van der Waals surface area contributed by atoms with Crippen LogP contribution in [0.1, 0.15) is 22.0 Å². The molecule has 7 heteroatoms. The largest absolute Gasteiger partial charge is 0.361 e. The molecule has 1 aliphatic rings. The van der Waals surface area contributed by atoms with Crippen molar-refractivity contribution in [3.05, 3.63) is 82.3 Å². The van der Waals surface area contributed by atoms with Crippen molar-refractivity contribution in [1.29, 1.82) is 0 Å². The van der Waals surface area contributed by atoms with Crippen molar-refractivity contribution < 1.29 is 9.59 Å². The molecule has 2 aromatic heterocycles. The smallest absolute Gasteiger partial charge is 0.309 e. The lowest BCUT2D eigenvalue weighted by Crippen LogP contribution is -2.43. The molecule has 0 radical (unpaired) electrons. The predicted molar refractivity (Wildman–Crippen MR) is 114 cm³/mol. The van der Waals surface area contributed by atoms with Crippen LogP contribution in [0.4, 0.5) is 5.69 Å². The fraction of sp³-hybridized carbons (Fsp3) is 0.227.